The summed E-state index contributed by atoms with van der Waals surface area (Å²) in [5.74, 6) is 0. The molecule has 0 bridgehead atoms. The first-order valence-electron chi connectivity index (χ1n) is 14.3. The Hall–Kier alpha value is -3.63. The van der Waals surface area contributed by atoms with Crippen molar-refractivity contribution in [3.8, 4) is 22.5 Å². The molecule has 0 N–H and O–H groups in total. The fourth-order valence-corrected chi connectivity index (χ4v) is 6.42. The van der Waals surface area contributed by atoms with E-state index in [1.807, 2.05) is 67.1 Å². The standard InChI is InChI=1S/C26H24NOS.C12H10N.Ir/c1-15-16(2)29-22-10-9-19-18-7-6-8-20(24(18)28-25(19)23(15)22)21-13-17(11-12-27-21)14-26(3,4)5;1-10-7-8-12(13-9-10)11-5-3-2-4-6-11;/h6-7,9-13H,14H2,1-5H3;2-5,7-9H,1H3;/q2*-1;. The number of hydrogen-bond acceptors (Lipinski definition) is 4. The molecule has 3 nitrogen and oxygen atoms in total. The first-order valence-corrected chi connectivity index (χ1v) is 15.1. The predicted molar refractivity (Wildman–Crippen MR) is 177 cm³/mol. The van der Waals surface area contributed by atoms with Crippen molar-refractivity contribution < 1.29 is 24.5 Å². The molecule has 0 fully saturated rings. The van der Waals surface area contributed by atoms with E-state index in [9.17, 15) is 0 Å². The maximum Gasteiger partial charge on any atom is 0.129 e. The molecule has 1 radical (unpaired) electrons. The van der Waals surface area contributed by atoms with Gasteiger partial charge in [-0.15, -0.1) is 65.4 Å². The molecule has 0 aliphatic heterocycles. The Morgan fingerprint density at radius 1 is 0.814 bits per heavy atom. The van der Waals surface area contributed by atoms with Gasteiger partial charge in [0.1, 0.15) is 5.58 Å². The smallest absolute Gasteiger partial charge is 0.129 e. The van der Waals surface area contributed by atoms with E-state index >= 15 is 0 Å². The van der Waals surface area contributed by atoms with Crippen LogP contribution in [0.5, 0.6) is 0 Å². The maximum atomic E-state index is 6.52. The number of aryl methyl sites for hydroxylation is 3. The van der Waals surface area contributed by atoms with Crippen molar-refractivity contribution >= 4 is 43.4 Å². The second-order valence-corrected chi connectivity index (χ2v) is 13.3. The molecule has 0 spiro atoms. The van der Waals surface area contributed by atoms with Gasteiger partial charge in [-0.05, 0) is 67.3 Å². The molecule has 0 saturated heterocycles. The number of furan rings is 1. The van der Waals surface area contributed by atoms with Gasteiger partial charge >= 0.3 is 0 Å². The first-order chi connectivity index (χ1) is 20.2. The molecule has 0 amide bonds. The van der Waals surface area contributed by atoms with Crippen LogP contribution in [0.1, 0.15) is 42.3 Å². The molecular weight excluding hydrogens is 725 g/mol. The van der Waals surface area contributed by atoms with E-state index in [1.165, 1.54) is 31.7 Å². The van der Waals surface area contributed by atoms with Gasteiger partial charge in [0, 0.05) is 52.8 Å². The van der Waals surface area contributed by atoms with Crippen LogP contribution in [-0.2, 0) is 26.5 Å². The quantitative estimate of drug-likeness (QED) is 0.169. The molecule has 219 valence electrons. The summed E-state index contributed by atoms with van der Waals surface area (Å²) in [6.07, 6.45) is 4.78. The number of rotatable bonds is 3. The molecule has 0 unspecified atom stereocenters. The Morgan fingerprint density at radius 2 is 1.63 bits per heavy atom. The van der Waals surface area contributed by atoms with Crippen molar-refractivity contribution in [1.29, 1.82) is 0 Å². The van der Waals surface area contributed by atoms with Gasteiger partial charge in [0.05, 0.1) is 5.58 Å². The molecule has 0 atom stereocenters. The molecule has 5 heteroatoms. The zero-order valence-electron chi connectivity index (χ0n) is 25.3. The third kappa shape index (κ3) is 6.50. The van der Waals surface area contributed by atoms with Crippen LogP contribution in [-0.4, -0.2) is 9.97 Å². The van der Waals surface area contributed by atoms with Crippen molar-refractivity contribution in [2.75, 3.05) is 0 Å². The van der Waals surface area contributed by atoms with Crippen LogP contribution in [0.2, 0.25) is 0 Å². The molecule has 7 rings (SSSR count). The Balaban J connectivity index is 0.000000221. The number of benzene rings is 3. The van der Waals surface area contributed by atoms with Crippen LogP contribution >= 0.6 is 11.3 Å². The van der Waals surface area contributed by atoms with Crippen LogP contribution in [0.25, 0.3) is 54.5 Å². The molecular formula is C38H34IrN2OS-2. The van der Waals surface area contributed by atoms with E-state index in [0.29, 0.717) is 0 Å². The Labute approximate surface area is 271 Å². The maximum absolute atomic E-state index is 6.52. The number of hydrogen-bond donors (Lipinski definition) is 0. The molecule has 4 aromatic heterocycles. The largest absolute Gasteiger partial charge is 0.500 e. The van der Waals surface area contributed by atoms with Crippen molar-refractivity contribution in [2.24, 2.45) is 5.41 Å². The topological polar surface area (TPSA) is 38.9 Å². The first kappa shape index (κ1) is 30.8. The Bertz CT molecular complexity index is 2020. The van der Waals surface area contributed by atoms with Crippen LogP contribution in [0, 0.1) is 38.3 Å². The third-order valence-electron chi connectivity index (χ3n) is 7.44. The van der Waals surface area contributed by atoms with Crippen molar-refractivity contribution in [2.45, 2.75) is 48.0 Å². The minimum atomic E-state index is 0. The summed E-state index contributed by atoms with van der Waals surface area (Å²) < 4.78 is 7.80. The van der Waals surface area contributed by atoms with Gasteiger partial charge in [0.2, 0.25) is 0 Å². The van der Waals surface area contributed by atoms with Crippen molar-refractivity contribution in [3.05, 3.63) is 119 Å². The molecule has 7 aromatic rings. The molecule has 0 saturated carbocycles. The summed E-state index contributed by atoms with van der Waals surface area (Å²) in [7, 11) is 0. The van der Waals surface area contributed by atoms with Crippen molar-refractivity contribution in [1.82, 2.24) is 9.97 Å². The summed E-state index contributed by atoms with van der Waals surface area (Å²) in [6.45, 7) is 13.2. The van der Waals surface area contributed by atoms with Crippen LogP contribution in [0.15, 0.2) is 89.6 Å². The number of aromatic nitrogens is 2. The van der Waals surface area contributed by atoms with Gasteiger partial charge in [-0.1, -0.05) is 61.5 Å². The second kappa shape index (κ2) is 12.5. The van der Waals surface area contributed by atoms with E-state index in [2.05, 4.69) is 93.1 Å². The second-order valence-electron chi connectivity index (χ2n) is 12.1. The zero-order chi connectivity index (χ0) is 29.4. The van der Waals surface area contributed by atoms with Gasteiger partial charge in [-0.3, -0.25) is 0 Å². The van der Waals surface area contributed by atoms with Crippen LogP contribution in [0.4, 0.5) is 0 Å². The molecule has 43 heavy (non-hydrogen) atoms. The van der Waals surface area contributed by atoms with E-state index in [1.54, 1.807) is 0 Å². The fourth-order valence-electron chi connectivity index (χ4n) is 5.35. The summed E-state index contributed by atoms with van der Waals surface area (Å²) in [4.78, 5) is 10.3. The summed E-state index contributed by atoms with van der Waals surface area (Å²) in [6, 6.07) is 31.2. The predicted octanol–water partition coefficient (Wildman–Crippen LogP) is 10.7. The fraction of sp³-hybridized carbons (Fsp3) is 0.211. The average Bonchev–Trinajstić information content (AvgIpc) is 3.50. The Kier molecular flexibility index (Phi) is 8.99. The normalized spacial score (nSPS) is 11.4. The summed E-state index contributed by atoms with van der Waals surface area (Å²) in [5, 5.41) is 3.53. The number of nitrogens with zero attached hydrogens (tertiary/aromatic N) is 2. The zero-order valence-corrected chi connectivity index (χ0v) is 28.5. The summed E-state index contributed by atoms with van der Waals surface area (Å²) >= 11 is 1.83. The van der Waals surface area contributed by atoms with Crippen LogP contribution in [0.3, 0.4) is 0 Å². The van der Waals surface area contributed by atoms with E-state index in [4.69, 9.17) is 4.42 Å². The summed E-state index contributed by atoms with van der Waals surface area (Å²) in [5.41, 5.74) is 9.74. The third-order valence-corrected chi connectivity index (χ3v) is 8.61. The minimum absolute atomic E-state index is 0. The number of pyridine rings is 2. The average molecular weight is 759 g/mol. The Morgan fingerprint density at radius 3 is 2.35 bits per heavy atom. The number of fused-ring (bicyclic) bond motifs is 5. The number of thiophene rings is 1. The van der Waals surface area contributed by atoms with Gasteiger partial charge in [0.25, 0.3) is 0 Å². The monoisotopic (exact) mass is 759 g/mol. The van der Waals surface area contributed by atoms with Gasteiger partial charge in [0.15, 0.2) is 0 Å². The van der Waals surface area contributed by atoms with E-state index in [-0.39, 0.29) is 25.5 Å². The molecule has 0 aliphatic carbocycles. The van der Waals surface area contributed by atoms with Gasteiger partial charge in [-0.25, -0.2) is 0 Å². The van der Waals surface area contributed by atoms with E-state index in [0.717, 1.165) is 50.9 Å². The van der Waals surface area contributed by atoms with Crippen molar-refractivity contribution in [3.63, 3.8) is 0 Å². The molecule has 3 aromatic carbocycles. The SMILES string of the molecule is Cc1ccc(-c2[c-]cccc2)nc1.Cc1sc2ccc3c4cc[c-]c(-c5cc(CC(C)(C)C)ccn5)c4oc3c2c1C.[Ir]. The van der Waals surface area contributed by atoms with E-state index < -0.39 is 0 Å². The molecule has 4 heterocycles. The van der Waals surface area contributed by atoms with Gasteiger partial charge in [-0.2, -0.15) is 0 Å². The molecule has 0 aliphatic rings. The van der Waals surface area contributed by atoms with Gasteiger partial charge < -0.3 is 14.4 Å². The minimum Gasteiger partial charge on any atom is -0.500 e. The van der Waals surface area contributed by atoms with Crippen LogP contribution < -0.4 is 0 Å².